The summed E-state index contributed by atoms with van der Waals surface area (Å²) in [6.45, 7) is 11.3. The summed E-state index contributed by atoms with van der Waals surface area (Å²) in [5, 5.41) is 0. The lowest BCUT2D eigenvalue weighted by atomic mass is 9.96. The standard InChI is InChI=1S/C21H31FN2O3/c1-15(2)24(20(26)27-21(3,4)5)14-16-7-6-12-23(13-16)19(25)17-8-10-18(22)11-9-17/h8-11,15-16H,6-7,12-14H2,1-5H3. The van der Waals surface area contributed by atoms with Gasteiger partial charge in [0.05, 0.1) is 0 Å². The molecule has 2 rings (SSSR count). The Morgan fingerprint density at radius 2 is 1.89 bits per heavy atom. The normalized spacial score (nSPS) is 17.7. The van der Waals surface area contributed by atoms with Crippen molar-refractivity contribution in [2.45, 2.75) is 59.1 Å². The number of nitrogens with zero attached hydrogens (tertiary/aromatic N) is 2. The zero-order valence-electron chi connectivity index (χ0n) is 17.0. The van der Waals surface area contributed by atoms with E-state index in [-0.39, 0.29) is 29.8 Å². The zero-order valence-corrected chi connectivity index (χ0v) is 17.0. The molecule has 1 fully saturated rings. The van der Waals surface area contributed by atoms with Crippen LogP contribution in [0.25, 0.3) is 0 Å². The Hall–Kier alpha value is -2.11. The molecule has 0 aromatic heterocycles. The molecule has 0 bridgehead atoms. The number of rotatable bonds is 4. The fourth-order valence-corrected chi connectivity index (χ4v) is 3.27. The molecular formula is C21H31FN2O3. The lowest BCUT2D eigenvalue weighted by Crippen LogP contribution is -2.48. The molecule has 27 heavy (non-hydrogen) atoms. The number of hydrogen-bond donors (Lipinski definition) is 0. The van der Waals surface area contributed by atoms with Gasteiger partial charge in [-0.05, 0) is 77.6 Å². The summed E-state index contributed by atoms with van der Waals surface area (Å²) in [6, 6.07) is 5.66. The minimum Gasteiger partial charge on any atom is -0.444 e. The number of carbonyl (C=O) groups is 2. The number of likely N-dealkylation sites (tertiary alicyclic amines) is 1. The molecule has 0 spiro atoms. The number of hydrogen-bond acceptors (Lipinski definition) is 3. The van der Waals surface area contributed by atoms with Crippen LogP contribution in [0, 0.1) is 11.7 Å². The van der Waals surface area contributed by atoms with Crippen LogP contribution in [0.5, 0.6) is 0 Å². The van der Waals surface area contributed by atoms with Gasteiger partial charge in [0, 0.05) is 31.2 Å². The lowest BCUT2D eigenvalue weighted by molar-refractivity contribution is 0.0124. The monoisotopic (exact) mass is 378 g/mol. The quantitative estimate of drug-likeness (QED) is 0.784. The van der Waals surface area contributed by atoms with E-state index in [2.05, 4.69) is 0 Å². The number of halogens is 1. The molecule has 6 heteroatoms. The first-order valence-corrected chi connectivity index (χ1v) is 9.61. The molecule has 1 atom stereocenters. The molecule has 1 heterocycles. The minimum atomic E-state index is -0.540. The Morgan fingerprint density at radius 1 is 1.26 bits per heavy atom. The summed E-state index contributed by atoms with van der Waals surface area (Å²) in [5.41, 5.74) is -0.0496. The smallest absolute Gasteiger partial charge is 0.410 e. The average Bonchev–Trinajstić information content (AvgIpc) is 2.58. The predicted octanol–water partition coefficient (Wildman–Crippen LogP) is 4.32. The average molecular weight is 378 g/mol. The van der Waals surface area contributed by atoms with Crippen molar-refractivity contribution in [3.63, 3.8) is 0 Å². The highest BCUT2D eigenvalue weighted by Gasteiger charge is 2.30. The van der Waals surface area contributed by atoms with E-state index in [0.717, 1.165) is 12.8 Å². The van der Waals surface area contributed by atoms with Crippen molar-refractivity contribution >= 4 is 12.0 Å². The molecule has 0 radical (unpaired) electrons. The maximum atomic E-state index is 13.1. The van der Waals surface area contributed by atoms with Crippen LogP contribution in [0.4, 0.5) is 9.18 Å². The third-order valence-corrected chi connectivity index (χ3v) is 4.60. The van der Waals surface area contributed by atoms with Crippen molar-refractivity contribution in [3.8, 4) is 0 Å². The third-order valence-electron chi connectivity index (χ3n) is 4.60. The molecule has 0 aliphatic carbocycles. The van der Waals surface area contributed by atoms with E-state index in [4.69, 9.17) is 4.74 Å². The van der Waals surface area contributed by atoms with Crippen LogP contribution in [0.2, 0.25) is 0 Å². The highest BCUT2D eigenvalue weighted by Crippen LogP contribution is 2.22. The third kappa shape index (κ3) is 6.22. The summed E-state index contributed by atoms with van der Waals surface area (Å²) in [4.78, 5) is 28.8. The Balaban J connectivity index is 2.02. The zero-order chi connectivity index (χ0) is 20.2. The van der Waals surface area contributed by atoms with Gasteiger partial charge in [-0.3, -0.25) is 4.79 Å². The van der Waals surface area contributed by atoms with Gasteiger partial charge in [-0.1, -0.05) is 0 Å². The van der Waals surface area contributed by atoms with E-state index in [1.54, 1.807) is 9.80 Å². The van der Waals surface area contributed by atoms with Gasteiger partial charge in [0.1, 0.15) is 11.4 Å². The fourth-order valence-electron chi connectivity index (χ4n) is 3.27. The van der Waals surface area contributed by atoms with Gasteiger partial charge >= 0.3 is 6.09 Å². The van der Waals surface area contributed by atoms with E-state index < -0.39 is 5.60 Å². The summed E-state index contributed by atoms with van der Waals surface area (Å²) in [5.74, 6) is -0.251. The number of amides is 2. The van der Waals surface area contributed by atoms with Crippen LogP contribution >= 0.6 is 0 Å². The summed E-state index contributed by atoms with van der Waals surface area (Å²) >= 11 is 0. The van der Waals surface area contributed by atoms with Gasteiger partial charge in [-0.15, -0.1) is 0 Å². The Kier molecular flexibility index (Phi) is 6.84. The van der Waals surface area contributed by atoms with Gasteiger partial charge < -0.3 is 14.5 Å². The fraction of sp³-hybridized carbons (Fsp3) is 0.619. The largest absolute Gasteiger partial charge is 0.444 e. The van der Waals surface area contributed by atoms with Crippen LogP contribution in [0.15, 0.2) is 24.3 Å². The topological polar surface area (TPSA) is 49.9 Å². The minimum absolute atomic E-state index is 0.0167. The van der Waals surface area contributed by atoms with Crippen molar-refractivity contribution in [2.75, 3.05) is 19.6 Å². The second-order valence-corrected chi connectivity index (χ2v) is 8.49. The molecule has 1 aliphatic heterocycles. The number of piperidine rings is 1. The molecule has 2 amide bonds. The highest BCUT2D eigenvalue weighted by molar-refractivity contribution is 5.94. The summed E-state index contributed by atoms with van der Waals surface area (Å²) in [6.07, 6.45) is 1.52. The maximum Gasteiger partial charge on any atom is 0.410 e. The molecular weight excluding hydrogens is 347 g/mol. The van der Waals surface area contributed by atoms with Crippen LogP contribution in [0.3, 0.4) is 0 Å². The van der Waals surface area contributed by atoms with Crippen LogP contribution in [0.1, 0.15) is 57.8 Å². The molecule has 5 nitrogen and oxygen atoms in total. The van der Waals surface area contributed by atoms with Crippen molar-refractivity contribution in [2.24, 2.45) is 5.92 Å². The molecule has 1 saturated heterocycles. The van der Waals surface area contributed by atoms with Gasteiger partial charge in [0.25, 0.3) is 5.91 Å². The van der Waals surface area contributed by atoms with E-state index >= 15 is 0 Å². The maximum absolute atomic E-state index is 13.1. The van der Waals surface area contributed by atoms with Gasteiger partial charge in [-0.2, -0.15) is 0 Å². The first kappa shape index (κ1) is 21.2. The Labute approximate surface area is 161 Å². The van der Waals surface area contributed by atoms with Crippen molar-refractivity contribution in [1.82, 2.24) is 9.80 Å². The van der Waals surface area contributed by atoms with E-state index in [0.29, 0.717) is 25.2 Å². The Bertz CT molecular complexity index is 652. The molecule has 1 unspecified atom stereocenters. The molecule has 1 aliphatic rings. The number of carbonyl (C=O) groups excluding carboxylic acids is 2. The number of benzene rings is 1. The van der Waals surface area contributed by atoms with Crippen LogP contribution in [-0.2, 0) is 4.74 Å². The van der Waals surface area contributed by atoms with Crippen molar-refractivity contribution < 1.29 is 18.7 Å². The van der Waals surface area contributed by atoms with Crippen LogP contribution < -0.4 is 0 Å². The SMILES string of the molecule is CC(C)N(CC1CCCN(C(=O)c2ccc(F)cc2)C1)C(=O)OC(C)(C)C. The first-order chi connectivity index (χ1) is 12.6. The second-order valence-electron chi connectivity index (χ2n) is 8.49. The number of ether oxygens (including phenoxy) is 1. The van der Waals surface area contributed by atoms with E-state index in [9.17, 15) is 14.0 Å². The Morgan fingerprint density at radius 3 is 2.44 bits per heavy atom. The van der Waals surface area contributed by atoms with Gasteiger partial charge in [-0.25, -0.2) is 9.18 Å². The summed E-state index contributed by atoms with van der Waals surface area (Å²) < 4.78 is 18.6. The molecule has 0 N–H and O–H groups in total. The van der Waals surface area contributed by atoms with E-state index in [1.165, 1.54) is 24.3 Å². The molecule has 150 valence electrons. The lowest BCUT2D eigenvalue weighted by Gasteiger charge is -2.37. The van der Waals surface area contributed by atoms with Crippen molar-refractivity contribution in [1.29, 1.82) is 0 Å². The summed E-state index contributed by atoms with van der Waals surface area (Å²) in [7, 11) is 0. The second kappa shape index (κ2) is 8.72. The van der Waals surface area contributed by atoms with Gasteiger partial charge in [0.2, 0.25) is 0 Å². The highest BCUT2D eigenvalue weighted by atomic mass is 19.1. The van der Waals surface area contributed by atoms with Gasteiger partial charge in [0.15, 0.2) is 0 Å². The predicted molar refractivity (Wildman–Crippen MR) is 103 cm³/mol. The van der Waals surface area contributed by atoms with Crippen LogP contribution in [-0.4, -0.2) is 53.1 Å². The first-order valence-electron chi connectivity index (χ1n) is 9.61. The molecule has 1 aromatic rings. The van der Waals surface area contributed by atoms with Crippen molar-refractivity contribution in [3.05, 3.63) is 35.6 Å². The molecule has 1 aromatic carbocycles. The van der Waals surface area contributed by atoms with E-state index in [1.807, 2.05) is 34.6 Å². The molecule has 0 saturated carbocycles.